The number of nitrogens with zero attached hydrogens (tertiary/aromatic N) is 5. The Kier molecular flexibility index (Phi) is 10.1. The van der Waals surface area contributed by atoms with Crippen molar-refractivity contribution in [3.63, 3.8) is 0 Å². The predicted octanol–water partition coefficient (Wildman–Crippen LogP) is 6.06. The standard InChI is InChI=1S/C36H47N5O5/c1-36(2,3)46-35(42)41-16-14-40(15-17-41)13-5-18-43-19-6-20-44-28-22-29(23-28)45-34-10-8-27(24-38-34)26-7-9-30-31-25-37-12-11-32(31)39(4)33(30)21-26/h7-12,21,24-25,28-29H,5-6,13-20,22-23H2,1-4H3/t28-,29-. The van der Waals surface area contributed by atoms with Gasteiger partial charge < -0.3 is 28.4 Å². The molecule has 0 spiro atoms. The number of pyridine rings is 2. The fraction of sp³-hybridized carbons (Fsp3) is 0.528. The number of ether oxygens (including phenoxy) is 4. The van der Waals surface area contributed by atoms with Crippen LogP contribution in [0, 0.1) is 0 Å². The molecule has 246 valence electrons. The summed E-state index contributed by atoms with van der Waals surface area (Å²) in [4.78, 5) is 25.3. The fourth-order valence-corrected chi connectivity index (χ4v) is 6.16. The van der Waals surface area contributed by atoms with E-state index in [1.165, 1.54) is 21.8 Å². The summed E-state index contributed by atoms with van der Waals surface area (Å²) in [5, 5.41) is 2.37. The van der Waals surface area contributed by atoms with E-state index in [-0.39, 0.29) is 18.3 Å². The number of rotatable bonds is 12. The first-order valence-electron chi connectivity index (χ1n) is 16.6. The molecule has 10 nitrogen and oxygen atoms in total. The van der Waals surface area contributed by atoms with Crippen molar-refractivity contribution in [1.82, 2.24) is 24.3 Å². The minimum absolute atomic E-state index is 0.145. The van der Waals surface area contributed by atoms with E-state index in [9.17, 15) is 4.79 Å². The zero-order valence-electron chi connectivity index (χ0n) is 27.6. The van der Waals surface area contributed by atoms with Gasteiger partial charge in [0, 0.05) is 119 Å². The van der Waals surface area contributed by atoms with Crippen molar-refractivity contribution in [1.29, 1.82) is 0 Å². The molecule has 4 heterocycles. The van der Waals surface area contributed by atoms with Gasteiger partial charge in [-0.25, -0.2) is 9.78 Å². The highest BCUT2D eigenvalue weighted by molar-refractivity contribution is 6.08. The third-order valence-corrected chi connectivity index (χ3v) is 8.79. The zero-order chi connectivity index (χ0) is 32.1. The molecule has 0 bridgehead atoms. The molecule has 1 aliphatic carbocycles. The van der Waals surface area contributed by atoms with Gasteiger partial charge in [-0.15, -0.1) is 0 Å². The molecule has 10 heteroatoms. The molecule has 1 aliphatic heterocycles. The summed E-state index contributed by atoms with van der Waals surface area (Å²) in [5.74, 6) is 0.655. The van der Waals surface area contributed by atoms with Gasteiger partial charge in [-0.2, -0.15) is 0 Å². The first kappa shape index (κ1) is 32.2. The highest BCUT2D eigenvalue weighted by Gasteiger charge is 2.32. The number of amides is 1. The Morgan fingerprint density at radius 3 is 2.41 bits per heavy atom. The lowest BCUT2D eigenvalue weighted by Crippen LogP contribution is -2.50. The molecular weight excluding hydrogens is 582 g/mol. The van der Waals surface area contributed by atoms with E-state index in [1.807, 2.05) is 45.4 Å². The molecule has 2 fully saturated rings. The van der Waals surface area contributed by atoms with E-state index in [2.05, 4.69) is 56.8 Å². The van der Waals surface area contributed by atoms with Gasteiger partial charge in [-0.05, 0) is 57.4 Å². The quantitative estimate of drug-likeness (QED) is 0.175. The molecular formula is C36H47N5O5. The van der Waals surface area contributed by atoms with E-state index < -0.39 is 5.60 Å². The lowest BCUT2D eigenvalue weighted by molar-refractivity contribution is -0.0662. The molecule has 1 amide bonds. The number of aryl methyl sites for hydroxylation is 1. The zero-order valence-corrected chi connectivity index (χ0v) is 27.6. The summed E-state index contributed by atoms with van der Waals surface area (Å²) in [7, 11) is 2.09. The molecule has 0 unspecified atom stereocenters. The van der Waals surface area contributed by atoms with Crippen molar-refractivity contribution in [2.24, 2.45) is 7.05 Å². The maximum Gasteiger partial charge on any atom is 0.410 e. The van der Waals surface area contributed by atoms with Gasteiger partial charge in [0.2, 0.25) is 5.88 Å². The maximum atomic E-state index is 12.2. The largest absolute Gasteiger partial charge is 0.474 e. The Hall–Kier alpha value is -3.73. The van der Waals surface area contributed by atoms with Crippen LogP contribution >= 0.6 is 0 Å². The number of aromatic nitrogens is 3. The highest BCUT2D eigenvalue weighted by Crippen LogP contribution is 2.32. The van der Waals surface area contributed by atoms with Crippen molar-refractivity contribution >= 4 is 27.9 Å². The van der Waals surface area contributed by atoms with Crippen LogP contribution in [0.25, 0.3) is 32.9 Å². The molecule has 0 atom stereocenters. The monoisotopic (exact) mass is 629 g/mol. The smallest absolute Gasteiger partial charge is 0.410 e. The third-order valence-electron chi connectivity index (χ3n) is 8.79. The molecule has 1 aromatic carbocycles. The van der Waals surface area contributed by atoms with Crippen molar-refractivity contribution in [2.45, 2.75) is 64.3 Å². The Morgan fingerprint density at radius 1 is 0.870 bits per heavy atom. The minimum atomic E-state index is -0.451. The van der Waals surface area contributed by atoms with E-state index in [4.69, 9.17) is 18.9 Å². The number of carbonyl (C=O) groups is 1. The van der Waals surface area contributed by atoms with Crippen molar-refractivity contribution in [3.05, 3.63) is 55.0 Å². The second-order valence-electron chi connectivity index (χ2n) is 13.4. The van der Waals surface area contributed by atoms with Gasteiger partial charge in [-0.3, -0.25) is 9.88 Å². The SMILES string of the molecule is Cn1c2ccncc2c2ccc(-c3ccc(O[C@H]4C[C@H](OCCCOCCCN5CCN(C(=O)OC(C)(C)C)CC5)C4)nc3)cc21. The number of piperazine rings is 1. The van der Waals surface area contributed by atoms with Gasteiger partial charge in [0.05, 0.1) is 11.6 Å². The Balaban J connectivity index is 0.817. The maximum absolute atomic E-state index is 12.2. The lowest BCUT2D eigenvalue weighted by Gasteiger charge is -2.35. The van der Waals surface area contributed by atoms with Gasteiger partial charge in [0.15, 0.2) is 0 Å². The van der Waals surface area contributed by atoms with Crippen LogP contribution in [0.3, 0.4) is 0 Å². The molecule has 3 aromatic heterocycles. The first-order valence-corrected chi connectivity index (χ1v) is 16.6. The third kappa shape index (κ3) is 7.97. The minimum Gasteiger partial charge on any atom is -0.474 e. The van der Waals surface area contributed by atoms with Crippen LogP contribution in [0.5, 0.6) is 5.88 Å². The fourth-order valence-electron chi connectivity index (χ4n) is 6.16. The van der Waals surface area contributed by atoms with Crippen LogP contribution in [0.4, 0.5) is 4.79 Å². The molecule has 1 saturated heterocycles. The van der Waals surface area contributed by atoms with Gasteiger partial charge in [0.25, 0.3) is 0 Å². The molecule has 1 saturated carbocycles. The first-order chi connectivity index (χ1) is 22.2. The van der Waals surface area contributed by atoms with Crippen LogP contribution < -0.4 is 4.74 Å². The van der Waals surface area contributed by atoms with Gasteiger partial charge >= 0.3 is 6.09 Å². The summed E-state index contributed by atoms with van der Waals surface area (Å²) < 4.78 is 25.6. The molecule has 0 radical (unpaired) electrons. The van der Waals surface area contributed by atoms with Crippen molar-refractivity contribution in [3.8, 4) is 17.0 Å². The van der Waals surface area contributed by atoms with E-state index in [0.717, 1.165) is 63.1 Å². The Bertz CT molecular complexity index is 1600. The van der Waals surface area contributed by atoms with Crippen LogP contribution in [0.15, 0.2) is 55.0 Å². The van der Waals surface area contributed by atoms with Crippen molar-refractivity contribution in [2.75, 3.05) is 52.5 Å². The van der Waals surface area contributed by atoms with Crippen LogP contribution in [-0.2, 0) is 21.3 Å². The molecule has 46 heavy (non-hydrogen) atoms. The molecule has 0 N–H and O–H groups in total. The summed E-state index contributed by atoms with van der Waals surface area (Å²) >= 11 is 0. The van der Waals surface area contributed by atoms with E-state index >= 15 is 0 Å². The number of carbonyl (C=O) groups excluding carboxylic acids is 1. The number of benzene rings is 1. The number of fused-ring (bicyclic) bond motifs is 3. The summed E-state index contributed by atoms with van der Waals surface area (Å²) in [6.45, 7) is 12.0. The Morgan fingerprint density at radius 2 is 1.65 bits per heavy atom. The second-order valence-corrected chi connectivity index (χ2v) is 13.4. The molecule has 6 rings (SSSR count). The predicted molar refractivity (Wildman–Crippen MR) is 179 cm³/mol. The van der Waals surface area contributed by atoms with Crippen LogP contribution in [0.1, 0.15) is 46.5 Å². The van der Waals surface area contributed by atoms with Crippen LogP contribution in [-0.4, -0.2) is 101 Å². The Labute approximate surface area is 271 Å². The summed E-state index contributed by atoms with van der Waals surface area (Å²) in [6.07, 6.45) is 9.48. The van der Waals surface area contributed by atoms with E-state index in [1.54, 1.807) is 4.90 Å². The summed E-state index contributed by atoms with van der Waals surface area (Å²) in [5.41, 5.74) is 4.09. The lowest BCUT2D eigenvalue weighted by atomic mass is 9.92. The average molecular weight is 630 g/mol. The normalized spacial score (nSPS) is 19.0. The summed E-state index contributed by atoms with van der Waals surface area (Å²) in [6, 6.07) is 12.6. The second kappa shape index (κ2) is 14.4. The average Bonchev–Trinajstić information content (AvgIpc) is 3.31. The van der Waals surface area contributed by atoms with Gasteiger partial charge in [0.1, 0.15) is 11.7 Å². The number of hydrogen-bond donors (Lipinski definition) is 0. The number of hydrogen-bond acceptors (Lipinski definition) is 8. The topological polar surface area (TPSA) is 91.2 Å². The van der Waals surface area contributed by atoms with Gasteiger partial charge in [-0.1, -0.05) is 12.1 Å². The van der Waals surface area contributed by atoms with Crippen LogP contribution in [0.2, 0.25) is 0 Å². The molecule has 4 aromatic rings. The molecule has 2 aliphatic rings. The van der Waals surface area contributed by atoms with Crippen molar-refractivity contribution < 1.29 is 23.7 Å². The van der Waals surface area contributed by atoms with E-state index in [0.29, 0.717) is 32.2 Å². The highest BCUT2D eigenvalue weighted by atomic mass is 16.6.